The van der Waals surface area contributed by atoms with Crippen LogP contribution in [-0.4, -0.2) is 35.8 Å². The van der Waals surface area contributed by atoms with E-state index in [-0.39, 0.29) is 18.6 Å². The molecule has 0 aliphatic carbocycles. The van der Waals surface area contributed by atoms with Crippen LogP contribution in [0.2, 0.25) is 0 Å². The number of methoxy groups -OCH3 is 1. The van der Waals surface area contributed by atoms with Crippen molar-refractivity contribution in [3.63, 3.8) is 0 Å². The molecule has 1 aromatic heterocycles. The summed E-state index contributed by atoms with van der Waals surface area (Å²) in [5, 5.41) is 3.05. The molecule has 204 valence electrons. The number of hydrogen-bond donors (Lipinski definition) is 1. The van der Waals surface area contributed by atoms with E-state index in [0.717, 1.165) is 45.7 Å². The standard InChI is InChI=1S/C32H37N3O4/c1-6-10-25-15-16-28(30(20-25)37-5)38-18-9-17-35-27-12-8-7-11-26(27)34-32(35)24(4)33-31(36)21-39-29-19-22(2)13-14-23(29)3/h6-8,10-16,19-20,24H,9,17-18,21H2,1-5H3,(H,33,36)/b10-6+. The van der Waals surface area contributed by atoms with Gasteiger partial charge < -0.3 is 24.1 Å². The van der Waals surface area contributed by atoms with E-state index in [9.17, 15) is 4.79 Å². The van der Waals surface area contributed by atoms with E-state index in [2.05, 4.69) is 9.88 Å². The van der Waals surface area contributed by atoms with Crippen molar-refractivity contribution in [1.82, 2.24) is 14.9 Å². The quantitative estimate of drug-likeness (QED) is 0.215. The Morgan fingerprint density at radius 2 is 1.85 bits per heavy atom. The van der Waals surface area contributed by atoms with E-state index in [1.54, 1.807) is 7.11 Å². The van der Waals surface area contributed by atoms with Crippen LogP contribution in [0, 0.1) is 13.8 Å². The number of amides is 1. The van der Waals surface area contributed by atoms with Gasteiger partial charge in [0.1, 0.15) is 11.6 Å². The van der Waals surface area contributed by atoms with Gasteiger partial charge in [0.05, 0.1) is 30.8 Å². The summed E-state index contributed by atoms with van der Waals surface area (Å²) < 4.78 is 19.5. The van der Waals surface area contributed by atoms with Crippen LogP contribution < -0.4 is 19.5 Å². The summed E-state index contributed by atoms with van der Waals surface area (Å²) in [5.74, 6) is 2.74. The Labute approximate surface area is 230 Å². The Kier molecular flexibility index (Phi) is 9.26. The Morgan fingerprint density at radius 3 is 2.64 bits per heavy atom. The molecule has 4 rings (SSSR count). The minimum atomic E-state index is -0.299. The fraction of sp³-hybridized carbons (Fsp3) is 0.312. The Bertz CT molecular complexity index is 1460. The molecule has 0 fully saturated rings. The smallest absolute Gasteiger partial charge is 0.258 e. The van der Waals surface area contributed by atoms with Crippen LogP contribution in [0.1, 0.15) is 48.8 Å². The number of nitrogens with zero attached hydrogens (tertiary/aromatic N) is 2. The number of ether oxygens (including phenoxy) is 3. The maximum Gasteiger partial charge on any atom is 0.258 e. The zero-order chi connectivity index (χ0) is 27.8. The first-order valence-electron chi connectivity index (χ1n) is 13.3. The average molecular weight is 528 g/mol. The highest BCUT2D eigenvalue weighted by Crippen LogP contribution is 2.29. The molecular weight excluding hydrogens is 490 g/mol. The highest BCUT2D eigenvalue weighted by Gasteiger charge is 2.19. The van der Waals surface area contributed by atoms with Crippen molar-refractivity contribution in [2.45, 2.75) is 46.7 Å². The summed E-state index contributed by atoms with van der Waals surface area (Å²) in [6.45, 7) is 9.04. The van der Waals surface area contributed by atoms with Crippen molar-refractivity contribution in [2.24, 2.45) is 0 Å². The summed E-state index contributed by atoms with van der Waals surface area (Å²) in [5.41, 5.74) is 5.06. The molecule has 1 unspecified atom stereocenters. The number of nitrogens with one attached hydrogen (secondary N) is 1. The third kappa shape index (κ3) is 6.99. The summed E-state index contributed by atoms with van der Waals surface area (Å²) in [6.07, 6.45) is 4.76. The number of rotatable bonds is 12. The van der Waals surface area contributed by atoms with Crippen LogP contribution in [0.15, 0.2) is 66.7 Å². The van der Waals surface area contributed by atoms with Gasteiger partial charge in [0, 0.05) is 6.54 Å². The molecule has 3 aromatic carbocycles. The van der Waals surface area contributed by atoms with Gasteiger partial charge in [0.15, 0.2) is 18.1 Å². The second-order valence-corrected chi connectivity index (χ2v) is 9.57. The highest BCUT2D eigenvalue weighted by atomic mass is 16.5. The first kappa shape index (κ1) is 27.8. The zero-order valence-corrected chi connectivity index (χ0v) is 23.4. The van der Waals surface area contributed by atoms with E-state index in [4.69, 9.17) is 19.2 Å². The number of benzene rings is 3. The average Bonchev–Trinajstić information content (AvgIpc) is 3.31. The number of hydrogen-bond acceptors (Lipinski definition) is 5. The minimum Gasteiger partial charge on any atom is -0.493 e. The van der Waals surface area contributed by atoms with Gasteiger partial charge >= 0.3 is 0 Å². The van der Waals surface area contributed by atoms with Gasteiger partial charge in [-0.3, -0.25) is 4.79 Å². The molecule has 7 nitrogen and oxygen atoms in total. The number of imidazole rings is 1. The van der Waals surface area contributed by atoms with E-state index in [1.807, 2.05) is 101 Å². The molecular formula is C32H37N3O4. The highest BCUT2D eigenvalue weighted by molar-refractivity contribution is 5.79. The maximum absolute atomic E-state index is 12.8. The number of aryl methyl sites for hydroxylation is 3. The molecule has 0 aliphatic rings. The molecule has 4 aromatic rings. The molecule has 39 heavy (non-hydrogen) atoms. The van der Waals surface area contributed by atoms with Gasteiger partial charge in [0.25, 0.3) is 5.91 Å². The fourth-order valence-electron chi connectivity index (χ4n) is 4.52. The van der Waals surface area contributed by atoms with Gasteiger partial charge in [-0.1, -0.05) is 42.5 Å². The third-order valence-corrected chi connectivity index (χ3v) is 6.48. The van der Waals surface area contributed by atoms with Crippen LogP contribution in [0.4, 0.5) is 0 Å². The molecule has 1 heterocycles. The maximum atomic E-state index is 12.8. The second-order valence-electron chi connectivity index (χ2n) is 9.57. The molecule has 1 amide bonds. The molecule has 1 N–H and O–H groups in total. The van der Waals surface area contributed by atoms with Gasteiger partial charge in [0.2, 0.25) is 0 Å². The van der Waals surface area contributed by atoms with Gasteiger partial charge in [-0.15, -0.1) is 0 Å². The number of fused-ring (bicyclic) bond motifs is 1. The van der Waals surface area contributed by atoms with E-state index >= 15 is 0 Å². The van der Waals surface area contributed by atoms with Crippen molar-refractivity contribution >= 4 is 23.0 Å². The number of aromatic nitrogens is 2. The van der Waals surface area contributed by atoms with Crippen LogP contribution >= 0.6 is 0 Å². The lowest BCUT2D eigenvalue weighted by Crippen LogP contribution is -2.32. The monoisotopic (exact) mass is 527 g/mol. The van der Waals surface area contributed by atoms with Crippen molar-refractivity contribution < 1.29 is 19.0 Å². The van der Waals surface area contributed by atoms with E-state index in [0.29, 0.717) is 24.7 Å². The number of carbonyl (C=O) groups is 1. The first-order chi connectivity index (χ1) is 18.9. The second kappa shape index (κ2) is 13.0. The van der Waals surface area contributed by atoms with E-state index < -0.39 is 0 Å². The Hall–Kier alpha value is -4.26. The summed E-state index contributed by atoms with van der Waals surface area (Å²) in [4.78, 5) is 17.6. The molecule has 0 saturated heterocycles. The normalized spacial score (nSPS) is 12.0. The Balaban J connectivity index is 1.40. The molecule has 0 aliphatic heterocycles. The van der Waals surface area contributed by atoms with Crippen molar-refractivity contribution in [3.8, 4) is 17.2 Å². The molecule has 1 atom stereocenters. The predicted molar refractivity (Wildman–Crippen MR) is 156 cm³/mol. The van der Waals surface area contributed by atoms with Crippen LogP contribution in [0.5, 0.6) is 17.2 Å². The predicted octanol–water partition coefficient (Wildman–Crippen LogP) is 6.42. The largest absolute Gasteiger partial charge is 0.493 e. The third-order valence-electron chi connectivity index (χ3n) is 6.48. The van der Waals surface area contributed by atoms with E-state index in [1.165, 1.54) is 0 Å². The van der Waals surface area contributed by atoms with Gasteiger partial charge in [-0.05, 0) is 81.1 Å². The first-order valence-corrected chi connectivity index (χ1v) is 13.3. The fourth-order valence-corrected chi connectivity index (χ4v) is 4.52. The molecule has 0 spiro atoms. The molecule has 0 saturated carbocycles. The topological polar surface area (TPSA) is 74.6 Å². The molecule has 7 heteroatoms. The minimum absolute atomic E-state index is 0.0582. The molecule has 0 radical (unpaired) electrons. The summed E-state index contributed by atoms with van der Waals surface area (Å²) in [6, 6.07) is 19.6. The lowest BCUT2D eigenvalue weighted by atomic mass is 10.1. The molecule has 0 bridgehead atoms. The van der Waals surface area contributed by atoms with Crippen molar-refractivity contribution in [3.05, 3.63) is 89.3 Å². The SMILES string of the molecule is C/C=C/c1ccc(OCCCn2c(C(C)NC(=O)COc3cc(C)ccc3C)nc3ccccc32)c(OC)c1. The number of para-hydroxylation sites is 2. The lowest BCUT2D eigenvalue weighted by molar-refractivity contribution is -0.123. The Morgan fingerprint density at radius 1 is 1.03 bits per heavy atom. The lowest BCUT2D eigenvalue weighted by Gasteiger charge is -2.17. The van der Waals surface area contributed by atoms with Crippen molar-refractivity contribution in [1.29, 1.82) is 0 Å². The number of carbonyl (C=O) groups excluding carboxylic acids is 1. The number of allylic oxidation sites excluding steroid dienone is 1. The van der Waals surface area contributed by atoms with Gasteiger partial charge in [-0.25, -0.2) is 4.98 Å². The van der Waals surface area contributed by atoms with Gasteiger partial charge in [-0.2, -0.15) is 0 Å². The van der Waals surface area contributed by atoms with Crippen LogP contribution in [-0.2, 0) is 11.3 Å². The van der Waals surface area contributed by atoms with Crippen molar-refractivity contribution in [2.75, 3.05) is 20.3 Å². The summed E-state index contributed by atoms with van der Waals surface area (Å²) >= 11 is 0. The van der Waals surface area contributed by atoms with Crippen LogP contribution in [0.3, 0.4) is 0 Å². The summed E-state index contributed by atoms with van der Waals surface area (Å²) in [7, 11) is 1.65. The zero-order valence-electron chi connectivity index (χ0n) is 23.4. The van der Waals surface area contributed by atoms with Crippen LogP contribution in [0.25, 0.3) is 17.1 Å².